The van der Waals surface area contributed by atoms with Crippen LogP contribution >= 0.6 is 0 Å². The van der Waals surface area contributed by atoms with E-state index in [1.165, 1.54) is 0 Å². The molecule has 0 aliphatic heterocycles. The van der Waals surface area contributed by atoms with E-state index in [1.54, 1.807) is 6.07 Å². The van der Waals surface area contributed by atoms with Gasteiger partial charge in [-0.1, -0.05) is 31.2 Å². The van der Waals surface area contributed by atoms with Gasteiger partial charge >= 0.3 is 0 Å². The molecule has 0 spiro atoms. The van der Waals surface area contributed by atoms with E-state index in [0.29, 0.717) is 11.6 Å². The van der Waals surface area contributed by atoms with Gasteiger partial charge in [0.15, 0.2) is 0 Å². The quantitative estimate of drug-likeness (QED) is 0.835. The molecule has 0 unspecified atom stereocenters. The molecule has 0 aliphatic rings. The molecule has 1 aromatic heterocycles. The summed E-state index contributed by atoms with van der Waals surface area (Å²) in [5, 5.41) is 12.5. The lowest BCUT2D eigenvalue weighted by atomic mass is 10.2. The molecule has 0 radical (unpaired) electrons. The summed E-state index contributed by atoms with van der Waals surface area (Å²) in [6.45, 7) is 2.93. The van der Waals surface area contributed by atoms with Gasteiger partial charge in [0, 0.05) is 18.2 Å². The van der Waals surface area contributed by atoms with Crippen LogP contribution in [0.25, 0.3) is 0 Å². The summed E-state index contributed by atoms with van der Waals surface area (Å²) < 4.78 is 5.71. The van der Waals surface area contributed by atoms with Crippen LogP contribution in [0.1, 0.15) is 18.9 Å². The molecule has 0 fully saturated rings. The highest BCUT2D eigenvalue weighted by molar-refractivity contribution is 5.40. The number of hydrogen-bond acceptors (Lipinski definition) is 4. The zero-order valence-electron chi connectivity index (χ0n) is 11.0. The van der Waals surface area contributed by atoms with Crippen molar-refractivity contribution in [1.82, 2.24) is 4.98 Å². The lowest BCUT2D eigenvalue weighted by molar-refractivity contribution is 0.276. The van der Waals surface area contributed by atoms with Gasteiger partial charge in [0.25, 0.3) is 0 Å². The van der Waals surface area contributed by atoms with Crippen molar-refractivity contribution in [3.8, 4) is 11.6 Å². The smallest absolute Gasteiger partial charge is 0.221 e. The first-order valence-electron chi connectivity index (χ1n) is 6.41. The molecule has 19 heavy (non-hydrogen) atoms. The highest BCUT2D eigenvalue weighted by Crippen LogP contribution is 2.24. The van der Waals surface area contributed by atoms with E-state index in [0.717, 1.165) is 24.3 Å². The fraction of sp³-hybridized carbons (Fsp3) is 0.267. The number of aromatic nitrogens is 1. The Labute approximate surface area is 113 Å². The molecule has 4 nitrogen and oxygen atoms in total. The van der Waals surface area contributed by atoms with E-state index in [4.69, 9.17) is 4.74 Å². The summed E-state index contributed by atoms with van der Waals surface area (Å²) >= 11 is 0. The van der Waals surface area contributed by atoms with Gasteiger partial charge in [-0.05, 0) is 18.6 Å². The topological polar surface area (TPSA) is 54.4 Å². The highest BCUT2D eigenvalue weighted by atomic mass is 16.5. The minimum Gasteiger partial charge on any atom is -0.439 e. The lowest BCUT2D eigenvalue weighted by Gasteiger charge is -2.10. The van der Waals surface area contributed by atoms with E-state index in [1.807, 2.05) is 36.4 Å². The fourth-order valence-corrected chi connectivity index (χ4v) is 1.67. The van der Waals surface area contributed by atoms with Gasteiger partial charge in [-0.3, -0.25) is 0 Å². The van der Waals surface area contributed by atoms with Gasteiger partial charge in [-0.15, -0.1) is 0 Å². The number of nitrogens with one attached hydrogen (secondary N) is 1. The first-order valence-corrected chi connectivity index (χ1v) is 6.41. The van der Waals surface area contributed by atoms with Crippen molar-refractivity contribution >= 4 is 5.82 Å². The van der Waals surface area contributed by atoms with Gasteiger partial charge in [-0.2, -0.15) is 4.98 Å². The molecule has 2 rings (SSSR count). The SMILES string of the molecule is CCCNc1cccc(Oc2ccccc2CO)n1. The Balaban J connectivity index is 2.14. The Morgan fingerprint density at radius 2 is 2.00 bits per heavy atom. The average Bonchev–Trinajstić information content (AvgIpc) is 2.46. The maximum Gasteiger partial charge on any atom is 0.221 e. The predicted octanol–water partition coefficient (Wildman–Crippen LogP) is 3.19. The van der Waals surface area contributed by atoms with Crippen molar-refractivity contribution < 1.29 is 9.84 Å². The lowest BCUT2D eigenvalue weighted by Crippen LogP contribution is -2.02. The second-order valence-electron chi connectivity index (χ2n) is 4.16. The molecule has 100 valence electrons. The molecule has 0 saturated carbocycles. The maximum atomic E-state index is 9.25. The molecule has 0 saturated heterocycles. The summed E-state index contributed by atoms with van der Waals surface area (Å²) in [5.74, 6) is 1.94. The number of benzene rings is 1. The zero-order chi connectivity index (χ0) is 13.5. The minimum atomic E-state index is -0.0516. The van der Waals surface area contributed by atoms with Crippen molar-refractivity contribution in [1.29, 1.82) is 0 Å². The van der Waals surface area contributed by atoms with Crippen molar-refractivity contribution in [2.45, 2.75) is 20.0 Å². The van der Waals surface area contributed by atoms with Crippen LogP contribution in [-0.2, 0) is 6.61 Å². The zero-order valence-corrected chi connectivity index (χ0v) is 11.0. The number of nitrogens with zero attached hydrogens (tertiary/aromatic N) is 1. The van der Waals surface area contributed by atoms with Gasteiger partial charge in [0.1, 0.15) is 11.6 Å². The van der Waals surface area contributed by atoms with Crippen LogP contribution in [0.4, 0.5) is 5.82 Å². The molecule has 1 heterocycles. The van der Waals surface area contributed by atoms with E-state index in [2.05, 4.69) is 17.2 Å². The molecule has 2 N–H and O–H groups in total. The third-order valence-electron chi connectivity index (χ3n) is 2.64. The van der Waals surface area contributed by atoms with Gasteiger partial charge in [0.2, 0.25) is 5.88 Å². The Bertz CT molecular complexity index is 529. The fourth-order valence-electron chi connectivity index (χ4n) is 1.67. The first kappa shape index (κ1) is 13.4. The Morgan fingerprint density at radius 3 is 2.79 bits per heavy atom. The van der Waals surface area contributed by atoms with Gasteiger partial charge < -0.3 is 15.2 Å². The van der Waals surface area contributed by atoms with Crippen molar-refractivity contribution in [3.05, 3.63) is 48.0 Å². The Morgan fingerprint density at radius 1 is 1.16 bits per heavy atom. The molecule has 0 amide bonds. The minimum absolute atomic E-state index is 0.0516. The van der Waals surface area contributed by atoms with Crippen LogP contribution in [0.2, 0.25) is 0 Å². The van der Waals surface area contributed by atoms with Crippen molar-refractivity contribution in [3.63, 3.8) is 0 Å². The van der Waals surface area contributed by atoms with Crippen LogP contribution in [0.5, 0.6) is 11.6 Å². The van der Waals surface area contributed by atoms with Gasteiger partial charge in [-0.25, -0.2) is 0 Å². The number of aliphatic hydroxyl groups excluding tert-OH is 1. The Hall–Kier alpha value is -2.07. The molecule has 0 bridgehead atoms. The van der Waals surface area contributed by atoms with E-state index in [-0.39, 0.29) is 6.61 Å². The number of pyridine rings is 1. The van der Waals surface area contributed by atoms with Crippen molar-refractivity contribution in [2.75, 3.05) is 11.9 Å². The van der Waals surface area contributed by atoms with Crippen LogP contribution in [-0.4, -0.2) is 16.6 Å². The second-order valence-corrected chi connectivity index (χ2v) is 4.16. The van der Waals surface area contributed by atoms with E-state index in [9.17, 15) is 5.11 Å². The molecule has 4 heteroatoms. The molecular weight excluding hydrogens is 240 g/mol. The molecule has 1 aromatic carbocycles. The van der Waals surface area contributed by atoms with E-state index < -0.39 is 0 Å². The largest absolute Gasteiger partial charge is 0.439 e. The molecule has 0 aliphatic carbocycles. The molecule has 0 atom stereocenters. The maximum absolute atomic E-state index is 9.25. The number of anilines is 1. The van der Waals surface area contributed by atoms with Crippen LogP contribution in [0.3, 0.4) is 0 Å². The third-order valence-corrected chi connectivity index (χ3v) is 2.64. The summed E-state index contributed by atoms with van der Waals surface area (Å²) in [6, 6.07) is 13.0. The third kappa shape index (κ3) is 3.69. The van der Waals surface area contributed by atoms with Gasteiger partial charge in [0.05, 0.1) is 6.61 Å². The predicted molar refractivity (Wildman–Crippen MR) is 75.5 cm³/mol. The molecular formula is C15H18N2O2. The molecule has 2 aromatic rings. The number of hydrogen-bond donors (Lipinski definition) is 2. The monoisotopic (exact) mass is 258 g/mol. The standard InChI is InChI=1S/C15H18N2O2/c1-2-10-16-14-8-5-9-15(17-14)19-13-7-4-3-6-12(13)11-18/h3-9,18H,2,10-11H2,1H3,(H,16,17). The number of aliphatic hydroxyl groups is 1. The highest BCUT2D eigenvalue weighted by Gasteiger charge is 2.04. The van der Waals surface area contributed by atoms with Crippen LogP contribution in [0.15, 0.2) is 42.5 Å². The normalized spacial score (nSPS) is 10.2. The number of rotatable bonds is 6. The van der Waals surface area contributed by atoms with Crippen LogP contribution < -0.4 is 10.1 Å². The summed E-state index contributed by atoms with van der Waals surface area (Å²) in [4.78, 5) is 4.37. The van der Waals surface area contributed by atoms with Crippen molar-refractivity contribution in [2.24, 2.45) is 0 Å². The Kier molecular flexibility index (Phi) is 4.75. The van der Waals surface area contributed by atoms with E-state index >= 15 is 0 Å². The van der Waals surface area contributed by atoms with Crippen LogP contribution in [0, 0.1) is 0 Å². The summed E-state index contributed by atoms with van der Waals surface area (Å²) in [6.07, 6.45) is 1.04. The summed E-state index contributed by atoms with van der Waals surface area (Å²) in [5.41, 5.74) is 0.747. The second kappa shape index (κ2) is 6.75. The number of ether oxygens (including phenoxy) is 1. The average molecular weight is 258 g/mol. The first-order chi connectivity index (χ1) is 9.33. The summed E-state index contributed by atoms with van der Waals surface area (Å²) in [7, 11) is 0. The number of para-hydroxylation sites is 1.